The molecule has 67 valence electrons. The van der Waals surface area contributed by atoms with E-state index in [1.807, 2.05) is 16.9 Å². The minimum absolute atomic E-state index is 0.717. The van der Waals surface area contributed by atoms with Crippen LogP contribution in [0.3, 0.4) is 0 Å². The molecule has 3 nitrogen and oxygen atoms in total. The third kappa shape index (κ3) is 3.53. The van der Waals surface area contributed by atoms with Crippen molar-refractivity contribution in [3.63, 3.8) is 0 Å². The lowest BCUT2D eigenvalue weighted by molar-refractivity contribution is 0.506. The van der Waals surface area contributed by atoms with Gasteiger partial charge in [0.05, 0.1) is 6.54 Å². The number of nitrogens with zero attached hydrogens (tertiary/aromatic N) is 2. The maximum Gasteiger partial charge on any atom is 0.113 e. The van der Waals surface area contributed by atoms with Crippen LogP contribution in [-0.2, 0) is 6.54 Å². The van der Waals surface area contributed by atoms with Crippen LogP contribution in [0.5, 0.6) is 0 Å². The van der Waals surface area contributed by atoms with E-state index in [0.29, 0.717) is 5.92 Å². The number of rotatable bonds is 5. The van der Waals surface area contributed by atoms with Gasteiger partial charge in [-0.1, -0.05) is 13.8 Å². The second-order valence-electron chi connectivity index (χ2n) is 3.31. The third-order valence-electron chi connectivity index (χ3n) is 1.58. The lowest BCUT2D eigenvalue weighted by Crippen LogP contribution is -2.24. The number of nitrogens with one attached hydrogen (secondary N) is 1. The van der Waals surface area contributed by atoms with Gasteiger partial charge in [-0.15, -0.1) is 0 Å². The van der Waals surface area contributed by atoms with E-state index in [9.17, 15) is 0 Å². The van der Waals surface area contributed by atoms with Gasteiger partial charge in [0.15, 0.2) is 0 Å². The molecule has 0 atom stereocenters. The molecule has 0 bridgehead atoms. The van der Waals surface area contributed by atoms with Crippen LogP contribution >= 0.6 is 0 Å². The fraction of sp³-hybridized carbons (Fsp3) is 0.667. The average molecular weight is 166 g/mol. The second kappa shape index (κ2) is 4.93. The van der Waals surface area contributed by atoms with Gasteiger partial charge in [-0.05, 0) is 18.5 Å². The van der Waals surface area contributed by atoms with Crippen LogP contribution in [0.15, 0.2) is 12.3 Å². The Morgan fingerprint density at radius 2 is 2.42 bits per heavy atom. The van der Waals surface area contributed by atoms with E-state index in [1.165, 1.54) is 0 Å². The van der Waals surface area contributed by atoms with E-state index in [0.717, 1.165) is 19.6 Å². The summed E-state index contributed by atoms with van der Waals surface area (Å²) in [5.41, 5.74) is 0. The Balaban J connectivity index is 2.04. The molecule has 12 heavy (non-hydrogen) atoms. The Morgan fingerprint density at radius 1 is 1.58 bits per heavy atom. The van der Waals surface area contributed by atoms with Crippen LogP contribution in [0.2, 0.25) is 0 Å². The van der Waals surface area contributed by atoms with Gasteiger partial charge in [-0.25, -0.2) is 0 Å². The van der Waals surface area contributed by atoms with Gasteiger partial charge in [-0.3, -0.25) is 4.68 Å². The van der Waals surface area contributed by atoms with Gasteiger partial charge in [0, 0.05) is 12.7 Å². The van der Waals surface area contributed by atoms with E-state index < -0.39 is 0 Å². The summed E-state index contributed by atoms with van der Waals surface area (Å²) >= 11 is 0. The molecule has 0 aliphatic heterocycles. The topological polar surface area (TPSA) is 29.9 Å². The maximum atomic E-state index is 3.98. The van der Waals surface area contributed by atoms with Crippen molar-refractivity contribution >= 4 is 0 Å². The minimum atomic E-state index is 0.717. The molecule has 1 aromatic heterocycles. The first-order valence-electron chi connectivity index (χ1n) is 4.39. The van der Waals surface area contributed by atoms with Gasteiger partial charge < -0.3 is 5.32 Å². The largest absolute Gasteiger partial charge is 0.315 e. The van der Waals surface area contributed by atoms with Crippen molar-refractivity contribution in [3.8, 4) is 0 Å². The molecule has 1 N–H and O–H groups in total. The first-order chi connectivity index (χ1) is 5.79. The van der Waals surface area contributed by atoms with Crippen molar-refractivity contribution in [3.05, 3.63) is 18.5 Å². The Labute approximate surface area is 73.8 Å². The van der Waals surface area contributed by atoms with E-state index in [1.54, 1.807) is 0 Å². The summed E-state index contributed by atoms with van der Waals surface area (Å²) in [5.74, 6) is 0.717. The summed E-state index contributed by atoms with van der Waals surface area (Å²) in [6.45, 7) is 7.39. The molecule has 1 aromatic rings. The van der Waals surface area contributed by atoms with Crippen LogP contribution in [0.4, 0.5) is 0 Å². The van der Waals surface area contributed by atoms with Crippen molar-refractivity contribution in [1.82, 2.24) is 15.1 Å². The predicted molar refractivity (Wildman–Crippen MR) is 48.8 cm³/mol. The van der Waals surface area contributed by atoms with Crippen molar-refractivity contribution < 1.29 is 0 Å². The highest BCUT2D eigenvalue weighted by molar-refractivity contribution is 4.75. The zero-order chi connectivity index (χ0) is 8.81. The average Bonchev–Trinajstić information content (AvgIpc) is 2.49. The predicted octanol–water partition coefficient (Wildman–Crippen LogP) is 0.929. The molecular weight excluding hydrogens is 150 g/mol. The van der Waals surface area contributed by atoms with Crippen molar-refractivity contribution in [2.24, 2.45) is 5.92 Å². The smallest absolute Gasteiger partial charge is 0.113 e. The van der Waals surface area contributed by atoms with Gasteiger partial charge in [-0.2, -0.15) is 5.10 Å². The summed E-state index contributed by atoms with van der Waals surface area (Å²) in [7, 11) is 0. The quantitative estimate of drug-likeness (QED) is 0.659. The van der Waals surface area contributed by atoms with Gasteiger partial charge in [0.2, 0.25) is 0 Å². The molecule has 0 aliphatic rings. The lowest BCUT2D eigenvalue weighted by Gasteiger charge is -2.06. The summed E-state index contributed by atoms with van der Waals surface area (Å²) in [5, 5.41) is 7.33. The van der Waals surface area contributed by atoms with Gasteiger partial charge in [0.25, 0.3) is 0 Å². The van der Waals surface area contributed by atoms with Crippen molar-refractivity contribution in [2.75, 3.05) is 13.1 Å². The normalized spacial score (nSPS) is 10.9. The summed E-state index contributed by atoms with van der Waals surface area (Å²) in [6, 6.07) is 1.82. The van der Waals surface area contributed by atoms with Crippen LogP contribution in [0, 0.1) is 12.1 Å². The van der Waals surface area contributed by atoms with Crippen LogP contribution in [0.1, 0.15) is 13.8 Å². The highest BCUT2D eigenvalue weighted by atomic mass is 15.3. The molecule has 0 aliphatic carbocycles. The van der Waals surface area contributed by atoms with Gasteiger partial charge >= 0.3 is 0 Å². The molecule has 0 saturated heterocycles. The molecule has 1 rings (SSSR count). The molecule has 0 unspecified atom stereocenters. The Hall–Kier alpha value is -0.830. The Bertz CT molecular complexity index is 192. The monoisotopic (exact) mass is 166 g/mol. The second-order valence-corrected chi connectivity index (χ2v) is 3.31. The van der Waals surface area contributed by atoms with Crippen LogP contribution < -0.4 is 5.32 Å². The SMILES string of the molecule is CC(C)CNCCn1cc[c]n1. The molecule has 0 amide bonds. The molecule has 1 radical (unpaired) electrons. The van der Waals surface area contributed by atoms with Crippen molar-refractivity contribution in [2.45, 2.75) is 20.4 Å². The summed E-state index contributed by atoms with van der Waals surface area (Å²) in [4.78, 5) is 0. The van der Waals surface area contributed by atoms with E-state index in [4.69, 9.17) is 0 Å². The molecule has 1 heterocycles. The van der Waals surface area contributed by atoms with Crippen LogP contribution in [0.25, 0.3) is 0 Å². The molecule has 0 saturated carbocycles. The number of aromatic nitrogens is 2. The molecule has 0 spiro atoms. The van der Waals surface area contributed by atoms with Gasteiger partial charge in [0.1, 0.15) is 6.20 Å². The number of hydrogen-bond donors (Lipinski definition) is 1. The first-order valence-corrected chi connectivity index (χ1v) is 4.39. The fourth-order valence-electron chi connectivity index (χ4n) is 0.969. The zero-order valence-corrected chi connectivity index (χ0v) is 7.75. The van der Waals surface area contributed by atoms with E-state index in [-0.39, 0.29) is 0 Å². The first kappa shape index (κ1) is 9.26. The standard InChI is InChI=1S/C9H16N3/c1-9(2)8-10-5-7-12-6-3-4-11-12/h3,6,9-10H,5,7-8H2,1-2H3. The molecule has 0 aromatic carbocycles. The minimum Gasteiger partial charge on any atom is -0.315 e. The molecule has 0 fully saturated rings. The highest BCUT2D eigenvalue weighted by Gasteiger charge is 1.93. The Kier molecular flexibility index (Phi) is 3.80. The molecule has 3 heteroatoms. The highest BCUT2D eigenvalue weighted by Crippen LogP contribution is 1.87. The fourth-order valence-corrected chi connectivity index (χ4v) is 0.969. The van der Waals surface area contributed by atoms with E-state index in [2.05, 4.69) is 30.5 Å². The number of hydrogen-bond acceptors (Lipinski definition) is 2. The summed E-state index contributed by atoms with van der Waals surface area (Å²) < 4.78 is 1.88. The maximum absolute atomic E-state index is 3.98. The summed E-state index contributed by atoms with van der Waals surface area (Å²) in [6.07, 6.45) is 4.69. The van der Waals surface area contributed by atoms with E-state index >= 15 is 0 Å². The molecular formula is C9H16N3. The zero-order valence-electron chi connectivity index (χ0n) is 7.75. The third-order valence-corrected chi connectivity index (χ3v) is 1.58. The lowest BCUT2D eigenvalue weighted by atomic mass is 10.2. The Morgan fingerprint density at radius 3 is 3.00 bits per heavy atom. The van der Waals surface area contributed by atoms with Crippen LogP contribution in [-0.4, -0.2) is 22.9 Å². The van der Waals surface area contributed by atoms with Crippen molar-refractivity contribution in [1.29, 1.82) is 0 Å².